The van der Waals surface area contributed by atoms with Crippen LogP contribution in [-0.2, 0) is 16.6 Å². The van der Waals surface area contributed by atoms with Crippen molar-refractivity contribution in [2.75, 3.05) is 4.72 Å². The number of benzene rings is 1. The van der Waals surface area contributed by atoms with Crippen molar-refractivity contribution in [3.8, 4) is 0 Å². The van der Waals surface area contributed by atoms with Crippen molar-refractivity contribution in [3.05, 3.63) is 34.3 Å². The van der Waals surface area contributed by atoms with E-state index >= 15 is 0 Å². The van der Waals surface area contributed by atoms with E-state index in [1.165, 1.54) is 11.6 Å². The summed E-state index contributed by atoms with van der Waals surface area (Å²) >= 11 is 7.21. The number of sulfonamides is 1. The second-order valence-corrected chi connectivity index (χ2v) is 7.56. The number of halogens is 1. The van der Waals surface area contributed by atoms with Crippen LogP contribution in [0.25, 0.3) is 0 Å². The van der Waals surface area contributed by atoms with Crippen molar-refractivity contribution in [2.24, 2.45) is 0 Å². The van der Waals surface area contributed by atoms with Gasteiger partial charge in [0.05, 0.1) is 4.90 Å². The molecule has 0 fully saturated rings. The number of aromatic nitrogens is 2. The van der Waals surface area contributed by atoms with Gasteiger partial charge in [-0.25, -0.2) is 8.42 Å². The monoisotopic (exact) mass is 346 g/mol. The zero-order valence-electron chi connectivity index (χ0n) is 11.5. The molecule has 1 aromatic carbocycles. The van der Waals surface area contributed by atoms with E-state index in [1.54, 1.807) is 12.1 Å². The summed E-state index contributed by atoms with van der Waals surface area (Å²) in [5, 5.41) is 11.2. The smallest absolute Gasteiger partial charge is 0.263 e. The van der Waals surface area contributed by atoms with Gasteiger partial charge < -0.3 is 5.32 Å². The van der Waals surface area contributed by atoms with Crippen LogP contribution >= 0.6 is 22.9 Å². The van der Waals surface area contributed by atoms with Gasteiger partial charge in [-0.05, 0) is 23.8 Å². The zero-order valence-corrected chi connectivity index (χ0v) is 13.9. The molecule has 2 rings (SSSR count). The lowest BCUT2D eigenvalue weighted by atomic mass is 10.2. The third-order valence-corrected chi connectivity index (χ3v) is 5.05. The van der Waals surface area contributed by atoms with Crippen LogP contribution < -0.4 is 10.0 Å². The molecule has 0 aliphatic rings. The highest BCUT2D eigenvalue weighted by atomic mass is 35.5. The Morgan fingerprint density at radius 2 is 2.14 bits per heavy atom. The molecule has 0 unspecified atom stereocenters. The first-order chi connectivity index (χ1) is 9.88. The number of anilines is 1. The zero-order chi connectivity index (χ0) is 15.5. The summed E-state index contributed by atoms with van der Waals surface area (Å²) in [4.78, 5) is 0.141. The van der Waals surface area contributed by atoms with Gasteiger partial charge in [0.1, 0.15) is 5.51 Å². The van der Waals surface area contributed by atoms with Gasteiger partial charge in [-0.3, -0.25) is 4.72 Å². The molecule has 0 amide bonds. The Morgan fingerprint density at radius 1 is 1.38 bits per heavy atom. The summed E-state index contributed by atoms with van der Waals surface area (Å²) in [6.45, 7) is 4.51. The molecule has 1 heterocycles. The highest BCUT2D eigenvalue weighted by Gasteiger charge is 2.17. The van der Waals surface area contributed by atoms with Crippen LogP contribution in [0.5, 0.6) is 0 Å². The second kappa shape index (κ2) is 6.69. The summed E-state index contributed by atoms with van der Waals surface area (Å²) in [5.41, 5.74) is 2.18. The minimum Gasteiger partial charge on any atom is -0.310 e. The van der Waals surface area contributed by atoms with Crippen molar-refractivity contribution in [2.45, 2.75) is 31.3 Å². The molecule has 1 aromatic heterocycles. The number of nitrogens with zero attached hydrogens (tertiary/aromatic N) is 2. The lowest BCUT2D eigenvalue weighted by Crippen LogP contribution is -2.22. The van der Waals surface area contributed by atoms with Gasteiger partial charge in [0.25, 0.3) is 10.0 Å². The highest BCUT2D eigenvalue weighted by Crippen LogP contribution is 2.23. The fourth-order valence-corrected chi connectivity index (χ4v) is 3.49. The van der Waals surface area contributed by atoms with Crippen LogP contribution in [0.15, 0.2) is 28.6 Å². The van der Waals surface area contributed by atoms with Crippen molar-refractivity contribution >= 4 is 38.1 Å². The Hall–Kier alpha value is -1.22. The third-order valence-electron chi connectivity index (χ3n) is 2.61. The summed E-state index contributed by atoms with van der Waals surface area (Å²) < 4.78 is 26.9. The molecular formula is C12H15ClN4O2S2. The van der Waals surface area contributed by atoms with Gasteiger partial charge in [-0.15, -0.1) is 10.2 Å². The Kier molecular flexibility index (Phi) is 5.15. The summed E-state index contributed by atoms with van der Waals surface area (Å²) in [6.07, 6.45) is 0. The van der Waals surface area contributed by atoms with E-state index in [1.807, 2.05) is 13.8 Å². The number of nitrogens with one attached hydrogen (secondary N) is 2. The van der Waals surface area contributed by atoms with Crippen LogP contribution in [0.3, 0.4) is 0 Å². The molecule has 21 heavy (non-hydrogen) atoms. The van der Waals surface area contributed by atoms with Crippen molar-refractivity contribution < 1.29 is 8.42 Å². The quantitative estimate of drug-likeness (QED) is 0.839. The van der Waals surface area contributed by atoms with Crippen LogP contribution in [-0.4, -0.2) is 24.7 Å². The molecule has 6 nitrogen and oxygen atoms in total. The van der Waals surface area contributed by atoms with Gasteiger partial charge in [-0.1, -0.05) is 36.8 Å². The molecule has 0 aliphatic carbocycles. The fraction of sp³-hybridized carbons (Fsp3) is 0.333. The van der Waals surface area contributed by atoms with Gasteiger partial charge >= 0.3 is 0 Å². The maximum atomic E-state index is 12.3. The molecule has 0 bridgehead atoms. The van der Waals surface area contributed by atoms with Crippen LogP contribution in [0.4, 0.5) is 5.13 Å². The summed E-state index contributed by atoms with van der Waals surface area (Å²) in [6, 6.07) is 4.88. The molecule has 0 saturated heterocycles. The van der Waals surface area contributed by atoms with Gasteiger partial charge in [0.2, 0.25) is 5.13 Å². The van der Waals surface area contributed by atoms with E-state index in [2.05, 4.69) is 20.2 Å². The summed E-state index contributed by atoms with van der Waals surface area (Å²) in [5.74, 6) is 0. The van der Waals surface area contributed by atoms with E-state index in [4.69, 9.17) is 11.6 Å². The number of rotatable bonds is 6. The van der Waals surface area contributed by atoms with Gasteiger partial charge in [0.15, 0.2) is 0 Å². The molecule has 0 saturated carbocycles. The molecule has 0 aliphatic heterocycles. The first-order valence-electron chi connectivity index (χ1n) is 6.19. The molecule has 0 radical (unpaired) electrons. The lowest BCUT2D eigenvalue weighted by molar-refractivity contribution is 0.587. The van der Waals surface area contributed by atoms with Gasteiger partial charge in [0, 0.05) is 17.6 Å². The topological polar surface area (TPSA) is 84.0 Å². The van der Waals surface area contributed by atoms with Crippen molar-refractivity contribution in [1.29, 1.82) is 0 Å². The largest absolute Gasteiger partial charge is 0.310 e. The SMILES string of the molecule is CC(C)NCc1cc(S(=O)(=O)Nc2nncs2)ccc1Cl. The average molecular weight is 347 g/mol. The minimum atomic E-state index is -3.69. The Morgan fingerprint density at radius 3 is 2.76 bits per heavy atom. The predicted octanol–water partition coefficient (Wildman–Crippen LogP) is 2.49. The van der Waals surface area contributed by atoms with E-state index in [0.29, 0.717) is 11.6 Å². The second-order valence-electron chi connectivity index (χ2n) is 4.64. The standard InChI is InChI=1S/C12H15ClN4O2S2/c1-8(2)14-6-9-5-10(3-4-11(9)13)21(18,19)17-12-16-15-7-20-12/h3-5,7-8,14H,6H2,1-2H3,(H,16,17). The molecular weight excluding hydrogens is 332 g/mol. The van der Waals surface area contributed by atoms with Crippen LogP contribution in [0.2, 0.25) is 5.02 Å². The highest BCUT2D eigenvalue weighted by molar-refractivity contribution is 7.93. The average Bonchev–Trinajstić information content (AvgIpc) is 2.89. The first-order valence-corrected chi connectivity index (χ1v) is 8.93. The van der Waals surface area contributed by atoms with E-state index in [-0.39, 0.29) is 16.1 Å². The summed E-state index contributed by atoms with van der Waals surface area (Å²) in [7, 11) is -3.69. The number of hydrogen-bond acceptors (Lipinski definition) is 6. The normalized spacial score (nSPS) is 11.8. The molecule has 114 valence electrons. The number of hydrogen-bond donors (Lipinski definition) is 2. The van der Waals surface area contributed by atoms with E-state index in [9.17, 15) is 8.42 Å². The third kappa shape index (κ3) is 4.37. The molecule has 9 heteroatoms. The van der Waals surface area contributed by atoms with Crippen molar-refractivity contribution in [1.82, 2.24) is 15.5 Å². The Bertz CT molecular complexity index is 702. The van der Waals surface area contributed by atoms with E-state index in [0.717, 1.165) is 16.9 Å². The minimum absolute atomic E-state index is 0.141. The Balaban J connectivity index is 2.25. The van der Waals surface area contributed by atoms with Crippen LogP contribution in [0, 0.1) is 0 Å². The molecule has 0 atom stereocenters. The van der Waals surface area contributed by atoms with Gasteiger partial charge in [-0.2, -0.15) is 0 Å². The fourth-order valence-electron chi connectivity index (χ4n) is 1.56. The first kappa shape index (κ1) is 16.2. The predicted molar refractivity (Wildman–Crippen MR) is 84.1 cm³/mol. The molecule has 2 N–H and O–H groups in total. The molecule has 2 aromatic rings. The van der Waals surface area contributed by atoms with Crippen molar-refractivity contribution in [3.63, 3.8) is 0 Å². The lowest BCUT2D eigenvalue weighted by Gasteiger charge is -2.11. The maximum Gasteiger partial charge on any atom is 0.263 e. The van der Waals surface area contributed by atoms with E-state index < -0.39 is 10.0 Å². The Labute approximate surface area is 132 Å². The maximum absolute atomic E-state index is 12.3. The molecule has 0 spiro atoms. The van der Waals surface area contributed by atoms with Crippen LogP contribution in [0.1, 0.15) is 19.4 Å².